The van der Waals surface area contributed by atoms with Crippen LogP contribution in [0.1, 0.15) is 28.1 Å². The third kappa shape index (κ3) is 3.89. The van der Waals surface area contributed by atoms with E-state index in [-0.39, 0.29) is 17.3 Å². The summed E-state index contributed by atoms with van der Waals surface area (Å²) >= 11 is 1.58. The highest BCUT2D eigenvalue weighted by Gasteiger charge is 2.21. The second-order valence-electron chi connectivity index (χ2n) is 7.72. The van der Waals surface area contributed by atoms with Crippen LogP contribution in [0.4, 0.5) is 10.3 Å². The van der Waals surface area contributed by atoms with Gasteiger partial charge in [0.15, 0.2) is 0 Å². The lowest BCUT2D eigenvalue weighted by atomic mass is 10.1. The molecule has 2 aromatic carbocycles. The van der Waals surface area contributed by atoms with Crippen molar-refractivity contribution in [1.29, 1.82) is 0 Å². The molecule has 162 valence electrons. The largest absolute Gasteiger partial charge is 0.347 e. The molecule has 0 spiro atoms. The molecular formula is C24H21FN4O2S. The van der Waals surface area contributed by atoms with Gasteiger partial charge < -0.3 is 10.2 Å². The molecule has 2 aromatic heterocycles. The minimum Gasteiger partial charge on any atom is -0.347 e. The number of amides is 1. The van der Waals surface area contributed by atoms with Crippen LogP contribution in [0.3, 0.4) is 0 Å². The number of aromatic nitrogens is 2. The highest BCUT2D eigenvalue weighted by molar-refractivity contribution is 7.09. The molecule has 0 aliphatic carbocycles. The Kier molecular flexibility index (Phi) is 5.45. The van der Waals surface area contributed by atoms with E-state index in [9.17, 15) is 14.0 Å². The van der Waals surface area contributed by atoms with Crippen LogP contribution in [0, 0.1) is 5.82 Å². The Morgan fingerprint density at radius 1 is 1.09 bits per heavy atom. The average Bonchev–Trinajstić information content (AvgIpc) is 3.52. The lowest BCUT2D eigenvalue weighted by Gasteiger charge is -2.22. The fourth-order valence-electron chi connectivity index (χ4n) is 3.95. The molecule has 1 aliphatic rings. The van der Waals surface area contributed by atoms with Gasteiger partial charge in [0, 0.05) is 23.5 Å². The van der Waals surface area contributed by atoms with E-state index < -0.39 is 0 Å². The molecule has 0 radical (unpaired) electrons. The number of halogens is 1. The zero-order chi connectivity index (χ0) is 22.1. The molecular weight excluding hydrogens is 427 g/mol. The minimum absolute atomic E-state index is 0.215. The van der Waals surface area contributed by atoms with Gasteiger partial charge in [-0.25, -0.2) is 13.9 Å². The fourth-order valence-corrected chi connectivity index (χ4v) is 4.59. The van der Waals surface area contributed by atoms with Crippen molar-refractivity contribution in [2.45, 2.75) is 19.4 Å². The second-order valence-corrected chi connectivity index (χ2v) is 8.75. The first-order valence-electron chi connectivity index (χ1n) is 10.5. The molecule has 1 N–H and O–H groups in total. The van der Waals surface area contributed by atoms with Crippen molar-refractivity contribution in [3.8, 4) is 5.69 Å². The number of benzene rings is 2. The van der Waals surface area contributed by atoms with Crippen LogP contribution in [0.2, 0.25) is 0 Å². The van der Waals surface area contributed by atoms with Crippen molar-refractivity contribution in [2.24, 2.45) is 0 Å². The molecule has 1 amide bonds. The zero-order valence-corrected chi connectivity index (χ0v) is 18.1. The van der Waals surface area contributed by atoms with E-state index in [1.54, 1.807) is 41.7 Å². The van der Waals surface area contributed by atoms with Gasteiger partial charge in [-0.05, 0) is 66.8 Å². The van der Waals surface area contributed by atoms with Gasteiger partial charge in [-0.2, -0.15) is 0 Å². The van der Waals surface area contributed by atoms with E-state index in [0.717, 1.165) is 30.8 Å². The van der Waals surface area contributed by atoms with Gasteiger partial charge in [0.1, 0.15) is 5.82 Å². The second kappa shape index (κ2) is 8.55. The number of nitrogens with zero attached hydrogens (tertiary/aromatic N) is 3. The number of hydrogen-bond acceptors (Lipinski definition) is 5. The molecule has 1 aliphatic heterocycles. The van der Waals surface area contributed by atoms with Gasteiger partial charge in [-0.1, -0.05) is 6.07 Å². The molecule has 32 heavy (non-hydrogen) atoms. The maximum Gasteiger partial charge on any atom is 0.267 e. The molecule has 6 nitrogen and oxygen atoms in total. The first-order chi connectivity index (χ1) is 15.6. The fraction of sp³-hybridized carbons (Fsp3) is 0.208. The van der Waals surface area contributed by atoms with Crippen LogP contribution in [-0.2, 0) is 6.54 Å². The molecule has 0 saturated carbocycles. The molecule has 4 aromatic rings. The molecule has 1 fully saturated rings. The Morgan fingerprint density at radius 3 is 2.59 bits per heavy atom. The Hall–Kier alpha value is -3.52. The number of anilines is 1. The maximum atomic E-state index is 13.5. The topological polar surface area (TPSA) is 67.2 Å². The smallest absolute Gasteiger partial charge is 0.267 e. The van der Waals surface area contributed by atoms with Gasteiger partial charge in [-0.15, -0.1) is 11.3 Å². The predicted octanol–water partition coefficient (Wildman–Crippen LogP) is 4.12. The molecule has 5 rings (SSSR count). The average molecular weight is 449 g/mol. The first-order valence-corrected chi connectivity index (χ1v) is 11.4. The van der Waals surface area contributed by atoms with Gasteiger partial charge in [0.25, 0.3) is 11.5 Å². The van der Waals surface area contributed by atoms with Crippen LogP contribution in [0.15, 0.2) is 64.8 Å². The number of rotatable bonds is 5. The van der Waals surface area contributed by atoms with Crippen LogP contribution >= 0.6 is 11.3 Å². The molecule has 1 saturated heterocycles. The van der Waals surface area contributed by atoms with Crippen LogP contribution in [0.5, 0.6) is 0 Å². The summed E-state index contributed by atoms with van der Waals surface area (Å²) in [5.41, 5.74) is 1.24. The first kappa shape index (κ1) is 20.4. The summed E-state index contributed by atoms with van der Waals surface area (Å²) in [5, 5.41) is 5.28. The predicted molar refractivity (Wildman–Crippen MR) is 124 cm³/mol. The molecule has 3 heterocycles. The van der Waals surface area contributed by atoms with Gasteiger partial charge >= 0.3 is 0 Å². The van der Waals surface area contributed by atoms with Crippen LogP contribution in [0.25, 0.3) is 16.6 Å². The zero-order valence-electron chi connectivity index (χ0n) is 17.3. The molecule has 8 heteroatoms. The Labute approximate surface area is 187 Å². The number of thiophene rings is 1. The third-order valence-corrected chi connectivity index (χ3v) is 6.47. The van der Waals surface area contributed by atoms with Gasteiger partial charge in [0.05, 0.1) is 23.1 Å². The lowest BCUT2D eigenvalue weighted by Crippen LogP contribution is -2.30. The SMILES string of the molecule is O=C(NCc1cccs1)c1ccc2c(=O)n(-c3ccc(F)cc3)c(N3CCCC3)nc2c1. The number of carbonyl (C=O) groups is 1. The number of nitrogens with one attached hydrogen (secondary N) is 1. The third-order valence-electron chi connectivity index (χ3n) is 5.59. The quantitative estimate of drug-likeness (QED) is 0.499. The van der Waals surface area contributed by atoms with E-state index in [4.69, 9.17) is 4.98 Å². The summed E-state index contributed by atoms with van der Waals surface area (Å²) in [5.74, 6) is -0.0632. The summed E-state index contributed by atoms with van der Waals surface area (Å²) in [6.07, 6.45) is 2.03. The number of hydrogen-bond donors (Lipinski definition) is 1. The Balaban J connectivity index is 1.57. The van der Waals surface area contributed by atoms with Gasteiger partial charge in [0.2, 0.25) is 5.95 Å². The maximum absolute atomic E-state index is 13.5. The molecule has 0 bridgehead atoms. The van der Waals surface area contributed by atoms with Crippen LogP contribution < -0.4 is 15.8 Å². The number of carbonyl (C=O) groups excluding carboxylic acids is 1. The normalized spacial score (nSPS) is 13.6. The summed E-state index contributed by atoms with van der Waals surface area (Å²) < 4.78 is 15.0. The number of fused-ring (bicyclic) bond motifs is 1. The molecule has 0 unspecified atom stereocenters. The van der Waals surface area contributed by atoms with Crippen molar-refractivity contribution in [3.05, 3.63) is 86.6 Å². The Bertz CT molecular complexity index is 1330. The Morgan fingerprint density at radius 2 is 1.88 bits per heavy atom. The van der Waals surface area contributed by atoms with Crippen LogP contribution in [-0.4, -0.2) is 28.5 Å². The van der Waals surface area contributed by atoms with E-state index in [1.807, 2.05) is 17.5 Å². The van der Waals surface area contributed by atoms with Crippen molar-refractivity contribution in [1.82, 2.24) is 14.9 Å². The van der Waals surface area contributed by atoms with Crippen molar-refractivity contribution >= 4 is 34.1 Å². The summed E-state index contributed by atoms with van der Waals surface area (Å²) in [6.45, 7) is 2.04. The van der Waals surface area contributed by atoms with Crippen molar-refractivity contribution in [2.75, 3.05) is 18.0 Å². The summed E-state index contributed by atoms with van der Waals surface area (Å²) in [7, 11) is 0. The minimum atomic E-state index is -0.364. The standard InChI is InChI=1S/C24H21FN4O2S/c25-17-6-8-18(9-7-17)29-23(31)20-10-5-16(22(30)26-15-19-4-3-13-32-19)14-21(20)27-24(29)28-11-1-2-12-28/h3-10,13-14H,1-2,11-12,15H2,(H,26,30). The van der Waals surface area contributed by atoms with E-state index in [1.165, 1.54) is 16.7 Å². The van der Waals surface area contributed by atoms with E-state index in [0.29, 0.717) is 34.6 Å². The van der Waals surface area contributed by atoms with E-state index in [2.05, 4.69) is 10.2 Å². The van der Waals surface area contributed by atoms with Crippen molar-refractivity contribution < 1.29 is 9.18 Å². The van der Waals surface area contributed by atoms with Crippen molar-refractivity contribution in [3.63, 3.8) is 0 Å². The van der Waals surface area contributed by atoms with E-state index >= 15 is 0 Å². The summed E-state index contributed by atoms with van der Waals surface area (Å²) in [4.78, 5) is 34.0. The highest BCUT2D eigenvalue weighted by Crippen LogP contribution is 2.23. The molecule has 0 atom stereocenters. The lowest BCUT2D eigenvalue weighted by molar-refractivity contribution is 0.0951. The van der Waals surface area contributed by atoms with Gasteiger partial charge in [-0.3, -0.25) is 9.59 Å². The highest BCUT2D eigenvalue weighted by atomic mass is 32.1. The monoisotopic (exact) mass is 448 g/mol. The summed E-state index contributed by atoms with van der Waals surface area (Å²) in [6, 6.07) is 14.7.